The number of allylic oxidation sites excluding steroid dienone is 1. The molecule has 0 atom stereocenters. The maximum Gasteiger partial charge on any atom is 0.0499 e. The molecule has 0 aliphatic carbocycles. The van der Waals surface area contributed by atoms with Crippen molar-refractivity contribution in [2.45, 2.75) is 25.5 Å². The van der Waals surface area contributed by atoms with Gasteiger partial charge in [-0.15, -0.1) is 11.8 Å². The van der Waals surface area contributed by atoms with Crippen LogP contribution in [0.25, 0.3) is 0 Å². The Bertz CT molecular complexity index is 168. The van der Waals surface area contributed by atoms with Crippen LogP contribution >= 0.6 is 11.8 Å². The van der Waals surface area contributed by atoms with Gasteiger partial charge >= 0.3 is 0 Å². The largest absolute Gasteiger partial charge is 0.267 e. The zero-order valence-corrected chi connectivity index (χ0v) is 6.83. The quantitative estimate of drug-likeness (QED) is 0.504. The molecule has 50 valence electrons. The minimum absolute atomic E-state index is 0.207. The summed E-state index contributed by atoms with van der Waals surface area (Å²) >= 11 is 1.86. The van der Waals surface area contributed by atoms with Crippen LogP contribution in [0.4, 0.5) is 0 Å². The van der Waals surface area contributed by atoms with Gasteiger partial charge in [0.05, 0.1) is 0 Å². The molecule has 1 aliphatic heterocycles. The summed E-state index contributed by atoms with van der Waals surface area (Å²) in [5, 5.41) is 0. The van der Waals surface area contributed by atoms with Crippen molar-refractivity contribution < 1.29 is 0 Å². The number of thioether (sulfide) groups is 1. The first-order chi connectivity index (χ1) is 4.10. The molecule has 0 radical (unpaired) electrons. The second-order valence-corrected chi connectivity index (χ2v) is 4.62. The molecule has 0 fully saturated rings. The van der Waals surface area contributed by atoms with Crippen LogP contribution in [-0.4, -0.2) is 11.0 Å². The van der Waals surface area contributed by atoms with Crippen molar-refractivity contribution >= 4 is 18.0 Å². The summed E-state index contributed by atoms with van der Waals surface area (Å²) in [5.41, 5.74) is 0. The molecule has 0 aromatic carbocycles. The number of rotatable bonds is 0. The molecule has 1 aliphatic rings. The Morgan fingerprint density at radius 2 is 2.22 bits per heavy atom. The van der Waals surface area contributed by atoms with Gasteiger partial charge in [0.2, 0.25) is 0 Å². The van der Waals surface area contributed by atoms with Gasteiger partial charge in [-0.25, -0.2) is 0 Å². The summed E-state index contributed by atoms with van der Waals surface area (Å²) < 4.78 is 0.207. The standard InChI is InChI=1S/C7H11NS/c1-6-4-8-5-7(2,3)9-6/h4-5H,1-3H3. The average molecular weight is 141 g/mol. The van der Waals surface area contributed by atoms with Crippen LogP contribution in [0.15, 0.2) is 16.1 Å². The molecule has 0 aromatic heterocycles. The molecule has 9 heavy (non-hydrogen) atoms. The molecule has 2 heteroatoms. The van der Waals surface area contributed by atoms with E-state index in [0.717, 1.165) is 0 Å². The monoisotopic (exact) mass is 141 g/mol. The lowest BCUT2D eigenvalue weighted by molar-refractivity contribution is 0.970. The summed E-state index contributed by atoms with van der Waals surface area (Å²) in [6.07, 6.45) is 3.88. The molecule has 0 N–H and O–H groups in total. The van der Waals surface area contributed by atoms with E-state index in [1.54, 1.807) is 0 Å². The van der Waals surface area contributed by atoms with Crippen LogP contribution in [0.1, 0.15) is 20.8 Å². The third-order valence-electron chi connectivity index (χ3n) is 1.07. The van der Waals surface area contributed by atoms with E-state index in [4.69, 9.17) is 0 Å². The lowest BCUT2D eigenvalue weighted by atomic mass is 10.2. The minimum Gasteiger partial charge on any atom is -0.267 e. The highest BCUT2D eigenvalue weighted by molar-refractivity contribution is 8.05. The molecule has 0 bridgehead atoms. The van der Waals surface area contributed by atoms with Crippen molar-refractivity contribution in [2.75, 3.05) is 0 Å². The van der Waals surface area contributed by atoms with Gasteiger partial charge in [0.15, 0.2) is 0 Å². The second-order valence-electron chi connectivity index (χ2n) is 2.72. The van der Waals surface area contributed by atoms with E-state index in [1.165, 1.54) is 4.91 Å². The smallest absolute Gasteiger partial charge is 0.0499 e. The summed E-state index contributed by atoms with van der Waals surface area (Å²) in [4.78, 5) is 5.40. The number of aliphatic imine (C=N–C) groups is 1. The normalized spacial score (nSPS) is 23.7. The van der Waals surface area contributed by atoms with Gasteiger partial charge in [-0.1, -0.05) is 0 Å². The van der Waals surface area contributed by atoms with Crippen molar-refractivity contribution in [1.29, 1.82) is 0 Å². The topological polar surface area (TPSA) is 12.4 Å². The predicted molar refractivity (Wildman–Crippen MR) is 43.9 cm³/mol. The molecule has 1 rings (SSSR count). The Morgan fingerprint density at radius 1 is 1.56 bits per heavy atom. The van der Waals surface area contributed by atoms with Crippen molar-refractivity contribution in [3.63, 3.8) is 0 Å². The fourth-order valence-corrected chi connectivity index (χ4v) is 1.85. The van der Waals surface area contributed by atoms with Crippen LogP contribution in [0.2, 0.25) is 0 Å². The first-order valence-corrected chi connectivity index (χ1v) is 3.82. The SMILES string of the molecule is CC1=CN=CC(C)(C)S1. The fourth-order valence-electron chi connectivity index (χ4n) is 0.789. The van der Waals surface area contributed by atoms with E-state index >= 15 is 0 Å². The Balaban J connectivity index is 2.73. The lowest BCUT2D eigenvalue weighted by Gasteiger charge is -2.20. The highest BCUT2D eigenvalue weighted by Gasteiger charge is 2.18. The first kappa shape index (κ1) is 6.87. The summed E-state index contributed by atoms with van der Waals surface area (Å²) in [7, 11) is 0. The molecule has 0 unspecified atom stereocenters. The van der Waals surface area contributed by atoms with E-state index in [-0.39, 0.29) is 4.75 Å². The minimum atomic E-state index is 0.207. The van der Waals surface area contributed by atoms with Gasteiger partial charge in [0, 0.05) is 22.1 Å². The molecule has 0 saturated carbocycles. The zero-order valence-electron chi connectivity index (χ0n) is 6.01. The third kappa shape index (κ3) is 1.86. The van der Waals surface area contributed by atoms with Crippen LogP contribution < -0.4 is 0 Å². The maximum absolute atomic E-state index is 4.10. The van der Waals surface area contributed by atoms with Gasteiger partial charge < -0.3 is 0 Å². The summed E-state index contributed by atoms with van der Waals surface area (Å²) in [6.45, 7) is 6.41. The highest BCUT2D eigenvalue weighted by atomic mass is 32.2. The molecule has 1 nitrogen and oxygen atoms in total. The summed E-state index contributed by atoms with van der Waals surface area (Å²) in [6, 6.07) is 0. The van der Waals surface area contributed by atoms with E-state index in [2.05, 4.69) is 25.8 Å². The van der Waals surface area contributed by atoms with Crippen LogP contribution in [0.3, 0.4) is 0 Å². The molecule has 0 saturated heterocycles. The van der Waals surface area contributed by atoms with Crippen molar-refractivity contribution in [3.8, 4) is 0 Å². The van der Waals surface area contributed by atoms with E-state index in [1.807, 2.05) is 24.2 Å². The van der Waals surface area contributed by atoms with Gasteiger partial charge in [0.1, 0.15) is 0 Å². The van der Waals surface area contributed by atoms with E-state index in [9.17, 15) is 0 Å². The average Bonchev–Trinajstić information content (AvgIpc) is 1.60. The fraction of sp³-hybridized carbons (Fsp3) is 0.571. The van der Waals surface area contributed by atoms with Crippen molar-refractivity contribution in [1.82, 2.24) is 0 Å². The molecule has 0 aromatic rings. The van der Waals surface area contributed by atoms with Crippen LogP contribution in [0, 0.1) is 0 Å². The second kappa shape index (κ2) is 2.18. The number of nitrogens with zero attached hydrogens (tertiary/aromatic N) is 1. The first-order valence-electron chi connectivity index (χ1n) is 3.00. The Hall–Kier alpha value is -0.240. The van der Waals surface area contributed by atoms with Gasteiger partial charge in [-0.05, 0) is 20.8 Å². The Kier molecular flexibility index (Phi) is 1.66. The summed E-state index contributed by atoms with van der Waals surface area (Å²) in [5.74, 6) is 0. The molecular weight excluding hydrogens is 130 g/mol. The van der Waals surface area contributed by atoms with Crippen molar-refractivity contribution in [3.05, 3.63) is 11.1 Å². The predicted octanol–water partition coefficient (Wildman–Crippen LogP) is 2.44. The van der Waals surface area contributed by atoms with Crippen LogP contribution in [0.5, 0.6) is 0 Å². The molecule has 0 amide bonds. The Morgan fingerprint density at radius 3 is 2.56 bits per heavy atom. The number of hydrogen-bond donors (Lipinski definition) is 0. The van der Waals surface area contributed by atoms with E-state index < -0.39 is 0 Å². The van der Waals surface area contributed by atoms with Crippen molar-refractivity contribution in [2.24, 2.45) is 4.99 Å². The van der Waals surface area contributed by atoms with Gasteiger partial charge in [0.25, 0.3) is 0 Å². The van der Waals surface area contributed by atoms with E-state index in [0.29, 0.717) is 0 Å². The Labute approximate surface area is 60.3 Å². The molecule has 1 heterocycles. The third-order valence-corrected chi connectivity index (χ3v) is 2.12. The van der Waals surface area contributed by atoms with Gasteiger partial charge in [-0.3, -0.25) is 4.99 Å². The lowest BCUT2D eigenvalue weighted by Crippen LogP contribution is -2.17. The van der Waals surface area contributed by atoms with Gasteiger partial charge in [-0.2, -0.15) is 0 Å². The highest BCUT2D eigenvalue weighted by Crippen LogP contribution is 2.32. The molecule has 0 spiro atoms. The molecular formula is C7H11NS. The number of hydrogen-bond acceptors (Lipinski definition) is 2. The van der Waals surface area contributed by atoms with Crippen LogP contribution in [-0.2, 0) is 0 Å². The maximum atomic E-state index is 4.10. The zero-order chi connectivity index (χ0) is 6.91.